The Morgan fingerprint density at radius 3 is 2.73 bits per heavy atom. The van der Waals surface area contributed by atoms with E-state index in [1.807, 2.05) is 13.0 Å². The van der Waals surface area contributed by atoms with E-state index >= 15 is 0 Å². The van der Waals surface area contributed by atoms with Crippen molar-refractivity contribution < 1.29 is 9.84 Å². The molecule has 0 fully saturated rings. The van der Waals surface area contributed by atoms with E-state index in [2.05, 4.69) is 19.1 Å². The number of rotatable bonds is 1. The van der Waals surface area contributed by atoms with Gasteiger partial charge in [0.2, 0.25) is 0 Å². The minimum absolute atomic E-state index is 0.432. The Kier molecular flexibility index (Phi) is 2.53. The predicted octanol–water partition coefficient (Wildman–Crippen LogP) is 2.46. The average molecular weight is 204 g/mol. The fourth-order valence-corrected chi connectivity index (χ4v) is 1.93. The molecule has 2 nitrogen and oxygen atoms in total. The molecular formula is C13H16O2. The van der Waals surface area contributed by atoms with Gasteiger partial charge in [0.15, 0.2) is 0 Å². The van der Waals surface area contributed by atoms with E-state index in [0.717, 1.165) is 22.4 Å². The van der Waals surface area contributed by atoms with E-state index in [0.29, 0.717) is 6.61 Å². The molecular weight excluding hydrogens is 188 g/mol. The van der Waals surface area contributed by atoms with Crippen LogP contribution in [0.2, 0.25) is 0 Å². The maximum atomic E-state index is 9.49. The van der Waals surface area contributed by atoms with Crippen LogP contribution in [0.3, 0.4) is 0 Å². The Morgan fingerprint density at radius 2 is 2.07 bits per heavy atom. The molecule has 1 heterocycles. The first kappa shape index (κ1) is 10.2. The van der Waals surface area contributed by atoms with Gasteiger partial charge in [0, 0.05) is 5.56 Å². The van der Waals surface area contributed by atoms with Crippen LogP contribution in [0.1, 0.15) is 23.6 Å². The number of fused-ring (bicyclic) bond motifs is 1. The zero-order valence-corrected chi connectivity index (χ0v) is 9.37. The van der Waals surface area contributed by atoms with Crippen LogP contribution in [0.5, 0.6) is 5.75 Å². The van der Waals surface area contributed by atoms with E-state index in [4.69, 9.17) is 4.74 Å². The normalized spacial score (nSPS) is 16.4. The molecule has 1 aliphatic heterocycles. The van der Waals surface area contributed by atoms with Crippen molar-refractivity contribution in [3.05, 3.63) is 34.4 Å². The molecule has 0 amide bonds. The van der Waals surface area contributed by atoms with Crippen LogP contribution in [-0.2, 0) is 0 Å². The molecule has 1 atom stereocenters. The lowest BCUT2D eigenvalue weighted by atomic mass is 9.99. The van der Waals surface area contributed by atoms with Crippen molar-refractivity contribution in [2.45, 2.75) is 26.9 Å². The molecule has 0 aliphatic carbocycles. The molecule has 1 unspecified atom stereocenters. The summed E-state index contributed by atoms with van der Waals surface area (Å²) >= 11 is 0. The minimum atomic E-state index is -0.432. The van der Waals surface area contributed by atoms with Gasteiger partial charge in [-0.2, -0.15) is 0 Å². The third-order valence-corrected chi connectivity index (χ3v) is 2.71. The van der Waals surface area contributed by atoms with Crippen molar-refractivity contribution in [1.29, 1.82) is 0 Å². The summed E-state index contributed by atoms with van der Waals surface area (Å²) in [6.07, 6.45) is 1.60. The first-order chi connectivity index (χ1) is 7.08. The monoisotopic (exact) mass is 204 g/mol. The number of aryl methyl sites for hydroxylation is 2. The summed E-state index contributed by atoms with van der Waals surface area (Å²) < 4.78 is 5.65. The van der Waals surface area contributed by atoms with Crippen molar-refractivity contribution in [1.82, 2.24) is 0 Å². The standard InChI is InChI=1S/C13H16O2/c1-8-4-9(2)13-11(5-8)6-12(7-15-13)10(3)14/h4-6,10,14H,7H2,1-3H3. The topological polar surface area (TPSA) is 29.5 Å². The van der Waals surface area contributed by atoms with Crippen LogP contribution in [0.15, 0.2) is 17.7 Å². The molecule has 80 valence electrons. The summed E-state index contributed by atoms with van der Waals surface area (Å²) in [5.41, 5.74) is 4.39. The number of benzene rings is 1. The molecule has 0 spiro atoms. The molecule has 0 radical (unpaired) electrons. The smallest absolute Gasteiger partial charge is 0.129 e. The van der Waals surface area contributed by atoms with Crippen LogP contribution in [0, 0.1) is 13.8 Å². The third kappa shape index (κ3) is 1.90. The molecule has 0 saturated heterocycles. The van der Waals surface area contributed by atoms with Gasteiger partial charge in [0.25, 0.3) is 0 Å². The Hall–Kier alpha value is -1.28. The summed E-state index contributed by atoms with van der Waals surface area (Å²) in [6, 6.07) is 4.20. The molecule has 15 heavy (non-hydrogen) atoms. The summed E-state index contributed by atoms with van der Waals surface area (Å²) in [6.45, 7) is 6.38. The lowest BCUT2D eigenvalue weighted by Gasteiger charge is -2.21. The summed E-state index contributed by atoms with van der Waals surface area (Å²) in [7, 11) is 0. The zero-order chi connectivity index (χ0) is 11.0. The highest BCUT2D eigenvalue weighted by molar-refractivity contribution is 5.65. The van der Waals surface area contributed by atoms with Gasteiger partial charge >= 0.3 is 0 Å². The van der Waals surface area contributed by atoms with Crippen LogP contribution < -0.4 is 4.74 Å². The number of hydrogen-bond acceptors (Lipinski definition) is 2. The molecule has 0 saturated carbocycles. The number of aliphatic hydroxyl groups is 1. The van der Waals surface area contributed by atoms with E-state index in [9.17, 15) is 5.11 Å². The van der Waals surface area contributed by atoms with Gasteiger partial charge in [-0.1, -0.05) is 11.6 Å². The molecule has 1 aromatic carbocycles. The molecule has 2 heteroatoms. The van der Waals surface area contributed by atoms with E-state index < -0.39 is 6.10 Å². The van der Waals surface area contributed by atoms with E-state index in [1.165, 1.54) is 5.56 Å². The summed E-state index contributed by atoms with van der Waals surface area (Å²) in [4.78, 5) is 0. The highest BCUT2D eigenvalue weighted by atomic mass is 16.5. The Balaban J connectivity index is 2.50. The SMILES string of the molecule is Cc1cc(C)c2c(c1)C=C(C(C)O)CO2. The fraction of sp³-hybridized carbons (Fsp3) is 0.385. The van der Waals surface area contributed by atoms with Crippen molar-refractivity contribution in [2.75, 3.05) is 6.61 Å². The molecule has 2 rings (SSSR count). The van der Waals surface area contributed by atoms with Gasteiger partial charge in [-0.05, 0) is 44.1 Å². The maximum absolute atomic E-state index is 9.49. The van der Waals surface area contributed by atoms with Crippen LogP contribution >= 0.6 is 0 Å². The zero-order valence-electron chi connectivity index (χ0n) is 9.37. The number of aliphatic hydroxyl groups excluding tert-OH is 1. The van der Waals surface area contributed by atoms with E-state index in [-0.39, 0.29) is 0 Å². The first-order valence-corrected chi connectivity index (χ1v) is 5.20. The minimum Gasteiger partial charge on any atom is -0.488 e. The predicted molar refractivity (Wildman–Crippen MR) is 61.1 cm³/mol. The van der Waals surface area contributed by atoms with Gasteiger partial charge in [0.05, 0.1) is 6.10 Å². The highest BCUT2D eigenvalue weighted by Crippen LogP contribution is 2.31. The third-order valence-electron chi connectivity index (χ3n) is 2.71. The lowest BCUT2D eigenvalue weighted by molar-refractivity contribution is 0.208. The second-order valence-corrected chi connectivity index (χ2v) is 4.18. The average Bonchev–Trinajstić information content (AvgIpc) is 2.16. The molecule has 0 bridgehead atoms. The van der Waals surface area contributed by atoms with E-state index in [1.54, 1.807) is 6.92 Å². The second-order valence-electron chi connectivity index (χ2n) is 4.18. The van der Waals surface area contributed by atoms with Gasteiger partial charge in [-0.15, -0.1) is 0 Å². The first-order valence-electron chi connectivity index (χ1n) is 5.20. The van der Waals surface area contributed by atoms with Gasteiger partial charge in [-0.25, -0.2) is 0 Å². The molecule has 1 aliphatic rings. The largest absolute Gasteiger partial charge is 0.488 e. The van der Waals surface area contributed by atoms with Crippen molar-refractivity contribution in [2.24, 2.45) is 0 Å². The van der Waals surface area contributed by atoms with Gasteiger partial charge in [0.1, 0.15) is 12.4 Å². The molecule has 1 N–H and O–H groups in total. The van der Waals surface area contributed by atoms with Gasteiger partial charge in [-0.3, -0.25) is 0 Å². The summed E-state index contributed by atoms with van der Waals surface area (Å²) in [5, 5.41) is 9.49. The maximum Gasteiger partial charge on any atom is 0.129 e. The van der Waals surface area contributed by atoms with Crippen molar-refractivity contribution in [3.8, 4) is 5.75 Å². The highest BCUT2D eigenvalue weighted by Gasteiger charge is 2.16. The number of hydrogen-bond donors (Lipinski definition) is 1. The van der Waals surface area contributed by atoms with Crippen LogP contribution in [-0.4, -0.2) is 17.8 Å². The Bertz CT molecular complexity index is 417. The van der Waals surface area contributed by atoms with Crippen LogP contribution in [0.25, 0.3) is 6.08 Å². The Labute approximate surface area is 90.2 Å². The fourth-order valence-electron chi connectivity index (χ4n) is 1.93. The van der Waals surface area contributed by atoms with Crippen molar-refractivity contribution >= 4 is 6.08 Å². The van der Waals surface area contributed by atoms with Gasteiger partial charge < -0.3 is 9.84 Å². The summed E-state index contributed by atoms with van der Waals surface area (Å²) in [5.74, 6) is 0.949. The van der Waals surface area contributed by atoms with Crippen molar-refractivity contribution in [3.63, 3.8) is 0 Å². The Morgan fingerprint density at radius 1 is 1.33 bits per heavy atom. The molecule has 0 aromatic heterocycles. The lowest BCUT2D eigenvalue weighted by Crippen LogP contribution is -2.16. The second kappa shape index (κ2) is 3.70. The van der Waals surface area contributed by atoms with Crippen LogP contribution in [0.4, 0.5) is 0 Å². The molecule has 1 aromatic rings. The quantitative estimate of drug-likeness (QED) is 0.761. The number of ether oxygens (including phenoxy) is 1.